The molecule has 1 heterocycles. The van der Waals surface area contributed by atoms with Crippen molar-refractivity contribution in [2.75, 3.05) is 0 Å². The number of aryl methyl sites for hydroxylation is 1. The van der Waals surface area contributed by atoms with Crippen molar-refractivity contribution < 1.29 is 9.69 Å². The van der Waals surface area contributed by atoms with Crippen LogP contribution in [0, 0.1) is 6.92 Å². The van der Waals surface area contributed by atoms with Gasteiger partial charge in [0.1, 0.15) is 6.54 Å². The van der Waals surface area contributed by atoms with Gasteiger partial charge >= 0.3 is 0 Å². The molecule has 3 aromatic carbocycles. The molecule has 3 aromatic rings. The Kier molecular flexibility index (Phi) is 4.21. The van der Waals surface area contributed by atoms with Crippen LogP contribution in [0.5, 0.6) is 0 Å². The van der Waals surface area contributed by atoms with E-state index < -0.39 is 0 Å². The lowest BCUT2D eigenvalue weighted by molar-refractivity contribution is -0.802. The van der Waals surface area contributed by atoms with Gasteiger partial charge in [0.15, 0.2) is 6.04 Å². The van der Waals surface area contributed by atoms with Gasteiger partial charge < -0.3 is 4.90 Å². The van der Waals surface area contributed by atoms with E-state index in [1.165, 1.54) is 21.6 Å². The van der Waals surface area contributed by atoms with Crippen molar-refractivity contribution in [3.05, 3.63) is 107 Å². The van der Waals surface area contributed by atoms with Crippen molar-refractivity contribution in [1.29, 1.82) is 0 Å². The Hall–Kier alpha value is -2.71. The Morgan fingerprint density at radius 3 is 2.08 bits per heavy atom. The monoisotopic (exact) mass is 328 g/mol. The van der Waals surface area contributed by atoms with E-state index in [2.05, 4.69) is 48.5 Å². The van der Waals surface area contributed by atoms with Crippen molar-refractivity contribution in [2.45, 2.75) is 25.6 Å². The summed E-state index contributed by atoms with van der Waals surface area (Å²) in [7, 11) is 0. The van der Waals surface area contributed by atoms with Gasteiger partial charge in [0.25, 0.3) is 0 Å². The molecule has 1 N–H and O–H groups in total. The van der Waals surface area contributed by atoms with Crippen molar-refractivity contribution >= 4 is 5.78 Å². The third-order valence-corrected chi connectivity index (χ3v) is 5.05. The maximum absolute atomic E-state index is 13.1. The Morgan fingerprint density at radius 2 is 1.44 bits per heavy atom. The van der Waals surface area contributed by atoms with E-state index >= 15 is 0 Å². The predicted molar refractivity (Wildman–Crippen MR) is 99.6 cm³/mol. The molecule has 0 saturated carbocycles. The lowest BCUT2D eigenvalue weighted by Gasteiger charge is -2.02. The number of benzene rings is 3. The Labute approximate surface area is 148 Å². The molecular formula is C23H22NO+. The lowest BCUT2D eigenvalue weighted by atomic mass is 10.0. The highest BCUT2D eigenvalue weighted by atomic mass is 16.1. The first-order chi connectivity index (χ1) is 12.2. The minimum Gasteiger partial charge on any atom is -0.305 e. The number of quaternary nitrogens is 1. The highest BCUT2D eigenvalue weighted by Crippen LogP contribution is 2.26. The van der Waals surface area contributed by atoms with Crippen LogP contribution in [0.3, 0.4) is 0 Å². The number of Topliss-reactive ketones (excluding diaryl/α,β-unsaturated/α-hetero) is 1. The van der Waals surface area contributed by atoms with Crippen molar-refractivity contribution in [3.63, 3.8) is 0 Å². The molecule has 1 unspecified atom stereocenters. The summed E-state index contributed by atoms with van der Waals surface area (Å²) in [6.07, 6.45) is 0. The standard InChI is InChI=1S/C23H21NO/c1-17-12-14-20(15-13-17)23(25)22-21(19-10-6-3-7-11-19)24(22)16-18-8-4-2-5-9-18/h2-15,21-22H,16H2,1H3/p+1/t21-,22-,24?/m1/s1. The molecule has 4 rings (SSSR count). The molecule has 0 radical (unpaired) electrons. The number of carbonyl (C=O) groups excluding carboxylic acids is 1. The second-order valence-electron chi connectivity index (χ2n) is 6.83. The highest BCUT2D eigenvalue weighted by molar-refractivity contribution is 6.00. The number of hydrogen-bond donors (Lipinski definition) is 1. The fourth-order valence-electron chi connectivity index (χ4n) is 3.65. The average Bonchev–Trinajstić information content (AvgIpc) is 3.37. The van der Waals surface area contributed by atoms with Crippen LogP contribution in [-0.2, 0) is 6.54 Å². The van der Waals surface area contributed by atoms with Crippen LogP contribution in [0.25, 0.3) is 0 Å². The minimum atomic E-state index is 0.00492. The summed E-state index contributed by atoms with van der Waals surface area (Å²) in [5.74, 6) is 0.250. The minimum absolute atomic E-state index is 0.00492. The largest absolute Gasteiger partial charge is 0.305 e. The van der Waals surface area contributed by atoms with Crippen LogP contribution in [0.1, 0.15) is 33.1 Å². The van der Waals surface area contributed by atoms with E-state index in [4.69, 9.17) is 0 Å². The zero-order chi connectivity index (χ0) is 17.2. The predicted octanol–water partition coefficient (Wildman–Crippen LogP) is 3.39. The molecule has 2 nitrogen and oxygen atoms in total. The molecular weight excluding hydrogens is 306 g/mol. The first-order valence-corrected chi connectivity index (χ1v) is 8.79. The number of ketones is 1. The number of hydrogen-bond acceptors (Lipinski definition) is 1. The second kappa shape index (κ2) is 6.66. The first kappa shape index (κ1) is 15.8. The third kappa shape index (κ3) is 3.26. The van der Waals surface area contributed by atoms with Gasteiger partial charge in [-0.1, -0.05) is 90.5 Å². The fraction of sp³-hybridized carbons (Fsp3) is 0.174. The highest BCUT2D eigenvalue weighted by Gasteiger charge is 2.59. The van der Waals surface area contributed by atoms with E-state index in [-0.39, 0.29) is 17.9 Å². The number of carbonyl (C=O) groups is 1. The molecule has 3 atom stereocenters. The Bertz CT molecular complexity index is 856. The zero-order valence-corrected chi connectivity index (χ0v) is 14.4. The van der Waals surface area contributed by atoms with E-state index in [0.29, 0.717) is 0 Å². The maximum atomic E-state index is 13.1. The average molecular weight is 328 g/mol. The van der Waals surface area contributed by atoms with Crippen LogP contribution in [-0.4, -0.2) is 11.8 Å². The fourth-order valence-corrected chi connectivity index (χ4v) is 3.65. The van der Waals surface area contributed by atoms with Crippen LogP contribution >= 0.6 is 0 Å². The summed E-state index contributed by atoms with van der Waals surface area (Å²) in [5, 5.41) is 0. The van der Waals surface area contributed by atoms with Crippen LogP contribution in [0.2, 0.25) is 0 Å². The molecule has 0 aliphatic carbocycles. The van der Waals surface area contributed by atoms with Crippen LogP contribution < -0.4 is 4.90 Å². The van der Waals surface area contributed by atoms with Crippen LogP contribution in [0.4, 0.5) is 0 Å². The van der Waals surface area contributed by atoms with Gasteiger partial charge in [0, 0.05) is 16.7 Å². The quantitative estimate of drug-likeness (QED) is 0.563. The van der Waals surface area contributed by atoms with E-state index in [9.17, 15) is 4.79 Å². The normalized spacial score (nSPS) is 21.7. The van der Waals surface area contributed by atoms with Gasteiger partial charge in [-0.3, -0.25) is 4.79 Å². The summed E-state index contributed by atoms with van der Waals surface area (Å²) in [6.45, 7) is 2.92. The maximum Gasteiger partial charge on any atom is 0.226 e. The SMILES string of the molecule is Cc1ccc(C(=O)[C@H]2[C@@H](c3ccccc3)[NH+]2Cc2ccccc2)cc1. The Balaban J connectivity index is 1.61. The van der Waals surface area contributed by atoms with E-state index in [1.807, 2.05) is 43.3 Å². The Morgan fingerprint density at radius 1 is 0.840 bits per heavy atom. The van der Waals surface area contributed by atoms with Gasteiger partial charge in [-0.15, -0.1) is 0 Å². The van der Waals surface area contributed by atoms with Crippen molar-refractivity contribution in [2.24, 2.45) is 0 Å². The third-order valence-electron chi connectivity index (χ3n) is 5.05. The molecule has 1 aliphatic heterocycles. The van der Waals surface area contributed by atoms with Gasteiger partial charge in [-0.25, -0.2) is 0 Å². The van der Waals surface area contributed by atoms with Gasteiger partial charge in [-0.05, 0) is 6.92 Å². The van der Waals surface area contributed by atoms with Crippen molar-refractivity contribution in [3.8, 4) is 0 Å². The van der Waals surface area contributed by atoms with E-state index in [0.717, 1.165) is 12.1 Å². The lowest BCUT2D eigenvalue weighted by Crippen LogP contribution is -2.93. The summed E-state index contributed by atoms with van der Waals surface area (Å²) in [6, 6.07) is 29.1. The van der Waals surface area contributed by atoms with Crippen molar-refractivity contribution in [1.82, 2.24) is 0 Å². The second-order valence-corrected chi connectivity index (χ2v) is 6.83. The smallest absolute Gasteiger partial charge is 0.226 e. The first-order valence-electron chi connectivity index (χ1n) is 8.79. The number of nitrogens with one attached hydrogen (secondary N) is 1. The number of rotatable bonds is 5. The van der Waals surface area contributed by atoms with E-state index in [1.54, 1.807) is 0 Å². The molecule has 0 amide bonds. The molecule has 0 spiro atoms. The summed E-state index contributed by atoms with van der Waals surface area (Å²) < 4.78 is 0. The van der Waals surface area contributed by atoms with Gasteiger partial charge in [-0.2, -0.15) is 0 Å². The molecule has 0 aromatic heterocycles. The van der Waals surface area contributed by atoms with Gasteiger partial charge in [0.05, 0.1) is 0 Å². The zero-order valence-electron chi connectivity index (χ0n) is 14.4. The summed E-state index contributed by atoms with van der Waals surface area (Å²) in [4.78, 5) is 14.4. The molecule has 2 heteroatoms. The molecule has 0 bridgehead atoms. The molecule has 124 valence electrons. The van der Waals surface area contributed by atoms with Gasteiger partial charge in [0.2, 0.25) is 11.8 Å². The molecule has 1 fully saturated rings. The molecule has 1 saturated heterocycles. The topological polar surface area (TPSA) is 21.5 Å². The molecule has 1 aliphatic rings. The summed E-state index contributed by atoms with van der Waals surface area (Å²) >= 11 is 0. The van der Waals surface area contributed by atoms with Crippen LogP contribution in [0.15, 0.2) is 84.9 Å². The molecule has 25 heavy (non-hydrogen) atoms. The summed E-state index contributed by atoms with van der Waals surface area (Å²) in [5.41, 5.74) is 4.52.